The molecule has 0 heterocycles. The fourth-order valence-corrected chi connectivity index (χ4v) is 1.33. The molecule has 3 heteroatoms. The fourth-order valence-electron chi connectivity index (χ4n) is 1.33. The second-order valence-corrected chi connectivity index (χ2v) is 3.21. The Hall–Kier alpha value is -1.53. The molecule has 0 saturated heterocycles. The lowest BCUT2D eigenvalue weighted by Gasteiger charge is -2.16. The van der Waals surface area contributed by atoms with E-state index in [4.69, 9.17) is 11.0 Å². The maximum Gasteiger partial charge on any atom is 0.0868 e. The highest BCUT2D eigenvalue weighted by Crippen LogP contribution is 2.08. The number of benzene rings is 1. The van der Waals surface area contributed by atoms with Gasteiger partial charge in [-0.2, -0.15) is 5.26 Å². The van der Waals surface area contributed by atoms with Crippen molar-refractivity contribution < 1.29 is 0 Å². The minimum absolute atomic E-state index is 0.464. The van der Waals surface area contributed by atoms with Crippen LogP contribution in [0, 0.1) is 11.3 Å². The lowest BCUT2D eigenvalue weighted by molar-refractivity contribution is 0.315. The van der Waals surface area contributed by atoms with E-state index in [-0.39, 0.29) is 0 Å². The van der Waals surface area contributed by atoms with E-state index in [0.717, 1.165) is 24.3 Å². The largest absolute Gasteiger partial charge is 0.399 e. The predicted octanol–water partition coefficient (Wildman–Crippen LogP) is 1.61. The van der Waals surface area contributed by atoms with Crippen LogP contribution in [0.4, 0.5) is 5.69 Å². The van der Waals surface area contributed by atoms with Crippen molar-refractivity contribution >= 4 is 5.69 Å². The van der Waals surface area contributed by atoms with E-state index < -0.39 is 0 Å². The molecule has 0 fully saturated rings. The van der Waals surface area contributed by atoms with Crippen LogP contribution in [-0.2, 0) is 6.54 Å². The highest BCUT2D eigenvalue weighted by Gasteiger charge is 2.02. The molecule has 3 nitrogen and oxygen atoms in total. The third-order valence-electron chi connectivity index (χ3n) is 2.10. The van der Waals surface area contributed by atoms with Crippen molar-refractivity contribution in [1.82, 2.24) is 4.90 Å². The Kier molecular flexibility index (Phi) is 3.96. The molecule has 0 aliphatic rings. The van der Waals surface area contributed by atoms with Gasteiger partial charge in [-0.05, 0) is 24.2 Å². The van der Waals surface area contributed by atoms with Gasteiger partial charge in [-0.15, -0.1) is 0 Å². The van der Waals surface area contributed by atoms with Gasteiger partial charge < -0.3 is 5.73 Å². The number of hydrogen-bond donors (Lipinski definition) is 1. The van der Waals surface area contributed by atoms with Gasteiger partial charge in [0.15, 0.2) is 0 Å². The van der Waals surface area contributed by atoms with Gasteiger partial charge in [0.25, 0.3) is 0 Å². The number of nitrogens with zero attached hydrogens (tertiary/aromatic N) is 2. The number of nitriles is 1. The van der Waals surface area contributed by atoms with Crippen molar-refractivity contribution in [2.75, 3.05) is 18.8 Å². The molecule has 0 amide bonds. The Morgan fingerprint density at radius 1 is 1.50 bits per heavy atom. The summed E-state index contributed by atoms with van der Waals surface area (Å²) in [5, 5.41) is 8.58. The topological polar surface area (TPSA) is 53.0 Å². The SMILES string of the molecule is CCN(CC#N)Cc1cccc(N)c1. The van der Waals surface area contributed by atoms with E-state index in [9.17, 15) is 0 Å². The van der Waals surface area contributed by atoms with Gasteiger partial charge in [0, 0.05) is 12.2 Å². The standard InChI is InChI=1S/C11H15N3/c1-2-14(7-6-12)9-10-4-3-5-11(13)8-10/h3-5,8H,2,7,9,13H2,1H3. The molecule has 2 N–H and O–H groups in total. The first-order valence-corrected chi connectivity index (χ1v) is 4.70. The van der Waals surface area contributed by atoms with E-state index in [1.165, 1.54) is 0 Å². The zero-order valence-corrected chi connectivity index (χ0v) is 8.40. The maximum absolute atomic E-state index is 8.58. The fraction of sp³-hybridized carbons (Fsp3) is 0.364. The molecule has 0 radical (unpaired) electrons. The van der Waals surface area contributed by atoms with Crippen LogP contribution in [0.1, 0.15) is 12.5 Å². The van der Waals surface area contributed by atoms with E-state index >= 15 is 0 Å². The van der Waals surface area contributed by atoms with E-state index in [1.807, 2.05) is 31.2 Å². The quantitative estimate of drug-likeness (QED) is 0.578. The molecule has 1 aromatic carbocycles. The first kappa shape index (κ1) is 10.6. The normalized spacial score (nSPS) is 10.1. The number of rotatable bonds is 4. The van der Waals surface area contributed by atoms with Gasteiger partial charge in [0.1, 0.15) is 0 Å². The smallest absolute Gasteiger partial charge is 0.0868 e. The van der Waals surface area contributed by atoms with Crippen LogP contribution in [0.2, 0.25) is 0 Å². The van der Waals surface area contributed by atoms with Gasteiger partial charge in [-0.1, -0.05) is 19.1 Å². The Morgan fingerprint density at radius 3 is 2.86 bits per heavy atom. The highest BCUT2D eigenvalue weighted by molar-refractivity contribution is 5.40. The lowest BCUT2D eigenvalue weighted by atomic mass is 10.2. The van der Waals surface area contributed by atoms with Crippen LogP contribution in [0.15, 0.2) is 24.3 Å². The van der Waals surface area contributed by atoms with Gasteiger partial charge in [-0.25, -0.2) is 0 Å². The number of nitrogen functional groups attached to an aromatic ring is 1. The summed E-state index contributed by atoms with van der Waals surface area (Å²) in [5.74, 6) is 0. The molecule has 1 aromatic rings. The van der Waals surface area contributed by atoms with E-state index in [1.54, 1.807) is 0 Å². The number of anilines is 1. The Bertz CT molecular complexity index is 328. The zero-order valence-electron chi connectivity index (χ0n) is 8.40. The van der Waals surface area contributed by atoms with Crippen LogP contribution in [0.5, 0.6) is 0 Å². The second-order valence-electron chi connectivity index (χ2n) is 3.21. The summed E-state index contributed by atoms with van der Waals surface area (Å²) in [6.07, 6.45) is 0. The molecule has 0 aromatic heterocycles. The van der Waals surface area contributed by atoms with Gasteiger partial charge >= 0.3 is 0 Å². The van der Waals surface area contributed by atoms with Gasteiger partial charge in [0.2, 0.25) is 0 Å². The van der Waals surface area contributed by atoms with Crippen molar-refractivity contribution in [2.45, 2.75) is 13.5 Å². The first-order chi connectivity index (χ1) is 6.76. The Balaban J connectivity index is 2.63. The third-order valence-corrected chi connectivity index (χ3v) is 2.10. The lowest BCUT2D eigenvalue weighted by Crippen LogP contribution is -2.22. The molecule has 0 unspecified atom stereocenters. The Labute approximate surface area is 84.7 Å². The molecule has 0 bridgehead atoms. The summed E-state index contributed by atoms with van der Waals surface area (Å²) in [6.45, 7) is 4.17. The molecule has 0 aliphatic carbocycles. The summed E-state index contributed by atoms with van der Waals surface area (Å²) in [5.41, 5.74) is 7.59. The van der Waals surface area contributed by atoms with Crippen molar-refractivity contribution in [3.8, 4) is 6.07 Å². The molecule has 0 spiro atoms. The Morgan fingerprint density at radius 2 is 2.29 bits per heavy atom. The summed E-state index contributed by atoms with van der Waals surface area (Å²) in [4.78, 5) is 2.06. The number of nitrogens with two attached hydrogens (primary N) is 1. The minimum Gasteiger partial charge on any atom is -0.399 e. The van der Waals surface area contributed by atoms with Crippen LogP contribution in [0.25, 0.3) is 0 Å². The predicted molar refractivity (Wildman–Crippen MR) is 57.4 cm³/mol. The van der Waals surface area contributed by atoms with Crippen molar-refractivity contribution in [2.24, 2.45) is 0 Å². The molecule has 0 aliphatic heterocycles. The van der Waals surface area contributed by atoms with Crippen LogP contribution >= 0.6 is 0 Å². The second kappa shape index (κ2) is 5.25. The van der Waals surface area contributed by atoms with Crippen molar-refractivity contribution in [3.05, 3.63) is 29.8 Å². The summed E-state index contributed by atoms with van der Waals surface area (Å²) in [6, 6.07) is 9.92. The molecule has 14 heavy (non-hydrogen) atoms. The zero-order chi connectivity index (χ0) is 10.4. The van der Waals surface area contributed by atoms with E-state index in [0.29, 0.717) is 6.54 Å². The highest BCUT2D eigenvalue weighted by atomic mass is 15.1. The van der Waals surface area contributed by atoms with Crippen LogP contribution in [-0.4, -0.2) is 18.0 Å². The van der Waals surface area contributed by atoms with Crippen LogP contribution in [0.3, 0.4) is 0 Å². The molecular formula is C11H15N3. The van der Waals surface area contributed by atoms with Crippen LogP contribution < -0.4 is 5.73 Å². The average molecular weight is 189 g/mol. The number of hydrogen-bond acceptors (Lipinski definition) is 3. The molecule has 1 rings (SSSR count). The average Bonchev–Trinajstić information content (AvgIpc) is 2.17. The van der Waals surface area contributed by atoms with E-state index in [2.05, 4.69) is 11.0 Å². The van der Waals surface area contributed by atoms with Crippen molar-refractivity contribution in [3.63, 3.8) is 0 Å². The summed E-state index contributed by atoms with van der Waals surface area (Å²) >= 11 is 0. The molecule has 0 atom stereocenters. The molecule has 0 saturated carbocycles. The van der Waals surface area contributed by atoms with Gasteiger partial charge in [-0.3, -0.25) is 4.90 Å². The third kappa shape index (κ3) is 3.08. The monoisotopic (exact) mass is 189 g/mol. The molecule has 74 valence electrons. The minimum atomic E-state index is 0.464. The first-order valence-electron chi connectivity index (χ1n) is 4.70. The summed E-state index contributed by atoms with van der Waals surface area (Å²) < 4.78 is 0. The summed E-state index contributed by atoms with van der Waals surface area (Å²) in [7, 11) is 0. The molecular weight excluding hydrogens is 174 g/mol. The maximum atomic E-state index is 8.58. The van der Waals surface area contributed by atoms with Crippen molar-refractivity contribution in [1.29, 1.82) is 5.26 Å². The van der Waals surface area contributed by atoms with Gasteiger partial charge in [0.05, 0.1) is 12.6 Å².